The first-order chi connectivity index (χ1) is 7.56. The number of carbonyl (C=O) groups excluding carboxylic acids is 1. The van der Waals surface area contributed by atoms with Crippen LogP contribution in [0.4, 0.5) is 0 Å². The third kappa shape index (κ3) is 1.97. The Kier molecular flexibility index (Phi) is 2.62. The Morgan fingerprint density at radius 1 is 1.12 bits per heavy atom. The molecule has 1 atom stereocenters. The van der Waals surface area contributed by atoms with Crippen molar-refractivity contribution >= 4 is 17.6 Å². The van der Waals surface area contributed by atoms with Gasteiger partial charge >= 0.3 is 5.97 Å². The number of epoxide rings is 1. The molecule has 1 aliphatic heterocycles. The number of alkyl halides is 1. The van der Waals surface area contributed by atoms with Crippen molar-refractivity contribution in [3.63, 3.8) is 0 Å². The number of hydrogen-bond acceptors (Lipinski definition) is 3. The molecule has 0 N–H and O–H groups in total. The average molecular weight is 261 g/mol. The summed E-state index contributed by atoms with van der Waals surface area (Å²) < 4.78 is 10.4. The molecule has 98 valence electrons. The first-order valence-corrected chi connectivity index (χ1v) is 6.41. The van der Waals surface area contributed by atoms with Crippen LogP contribution in [0.2, 0.25) is 0 Å². The van der Waals surface area contributed by atoms with Gasteiger partial charge in [-0.2, -0.15) is 0 Å². The third-order valence-corrected chi connectivity index (χ3v) is 4.39. The summed E-state index contributed by atoms with van der Waals surface area (Å²) in [6, 6.07) is 0. The summed E-state index contributed by atoms with van der Waals surface area (Å²) in [6.45, 7) is 8.80. The van der Waals surface area contributed by atoms with E-state index >= 15 is 0 Å². The lowest BCUT2D eigenvalue weighted by molar-refractivity contribution is -0.143. The Balaban J connectivity index is 2.27. The van der Waals surface area contributed by atoms with Gasteiger partial charge in [-0.1, -0.05) is 39.3 Å². The maximum atomic E-state index is 11.7. The molecule has 0 aromatic carbocycles. The fourth-order valence-electron chi connectivity index (χ4n) is 3.93. The van der Waals surface area contributed by atoms with Crippen LogP contribution in [-0.2, 0) is 14.3 Å². The molecule has 1 spiro atoms. The van der Waals surface area contributed by atoms with E-state index in [1.165, 1.54) is 7.11 Å². The molecule has 1 heterocycles. The predicted octanol–water partition coefficient (Wildman–Crippen LogP) is 3.10. The molecule has 1 saturated carbocycles. The quantitative estimate of drug-likeness (QED) is 0.413. The number of halogens is 1. The van der Waals surface area contributed by atoms with Crippen molar-refractivity contribution in [2.75, 3.05) is 7.11 Å². The Morgan fingerprint density at radius 3 is 2.00 bits per heavy atom. The highest BCUT2D eigenvalue weighted by molar-refractivity contribution is 6.36. The van der Waals surface area contributed by atoms with Crippen LogP contribution >= 0.6 is 11.6 Å². The standard InChI is InChI=1S/C13H21ClO3/c1-10(2)6-11(3,4)8-12(7-10)13(14,17-12)9(15)16-5/h6-8H2,1-5H3. The first kappa shape index (κ1) is 13.2. The van der Waals surface area contributed by atoms with E-state index in [0.29, 0.717) is 0 Å². The zero-order valence-electron chi connectivity index (χ0n) is 11.2. The highest BCUT2D eigenvalue weighted by atomic mass is 35.5. The second-order valence-corrected chi connectivity index (χ2v) is 7.57. The normalized spacial score (nSPS) is 36.6. The number of methoxy groups -OCH3 is 1. The second-order valence-electron chi connectivity index (χ2n) is 7.04. The molecular formula is C13H21ClO3. The summed E-state index contributed by atoms with van der Waals surface area (Å²) in [7, 11) is 1.35. The minimum atomic E-state index is -1.25. The molecule has 0 amide bonds. The van der Waals surface area contributed by atoms with Crippen LogP contribution in [-0.4, -0.2) is 23.7 Å². The average Bonchev–Trinajstić information content (AvgIpc) is 2.63. The van der Waals surface area contributed by atoms with Crippen molar-refractivity contribution < 1.29 is 14.3 Å². The highest BCUT2D eigenvalue weighted by Crippen LogP contribution is 2.66. The van der Waals surface area contributed by atoms with E-state index in [2.05, 4.69) is 27.7 Å². The molecule has 3 nitrogen and oxygen atoms in total. The monoisotopic (exact) mass is 260 g/mol. The van der Waals surface area contributed by atoms with Crippen molar-refractivity contribution in [3.8, 4) is 0 Å². The number of ether oxygens (including phenoxy) is 2. The Bertz CT molecular complexity index is 346. The van der Waals surface area contributed by atoms with E-state index in [4.69, 9.17) is 21.1 Å². The zero-order chi connectivity index (χ0) is 13.1. The molecule has 0 bridgehead atoms. The van der Waals surface area contributed by atoms with Crippen molar-refractivity contribution in [1.29, 1.82) is 0 Å². The van der Waals surface area contributed by atoms with Gasteiger partial charge in [-0.3, -0.25) is 0 Å². The summed E-state index contributed by atoms with van der Waals surface area (Å²) in [5, 5.41) is -1.25. The molecule has 0 radical (unpaired) electrons. The van der Waals surface area contributed by atoms with E-state index in [0.717, 1.165) is 19.3 Å². The number of rotatable bonds is 1. The molecular weight excluding hydrogens is 240 g/mol. The lowest BCUT2D eigenvalue weighted by atomic mass is 9.60. The predicted molar refractivity (Wildman–Crippen MR) is 65.8 cm³/mol. The van der Waals surface area contributed by atoms with Crippen molar-refractivity contribution in [2.24, 2.45) is 10.8 Å². The summed E-state index contributed by atoms with van der Waals surface area (Å²) in [5.41, 5.74) is -0.272. The molecule has 2 fully saturated rings. The van der Waals surface area contributed by atoms with Crippen LogP contribution in [0.5, 0.6) is 0 Å². The minimum absolute atomic E-state index is 0.131. The largest absolute Gasteiger partial charge is 0.466 e. The van der Waals surface area contributed by atoms with E-state index in [1.807, 2.05) is 0 Å². The fourth-order valence-corrected chi connectivity index (χ4v) is 4.29. The highest BCUT2D eigenvalue weighted by Gasteiger charge is 2.78. The Hall–Kier alpha value is -0.280. The number of carbonyl (C=O) groups is 1. The van der Waals surface area contributed by atoms with Crippen LogP contribution in [0.1, 0.15) is 47.0 Å². The number of hydrogen-bond donors (Lipinski definition) is 0. The SMILES string of the molecule is COC(=O)C1(Cl)OC12CC(C)(C)CC(C)(C)C2. The van der Waals surface area contributed by atoms with Crippen molar-refractivity contribution in [2.45, 2.75) is 57.6 Å². The van der Waals surface area contributed by atoms with E-state index < -0.39 is 16.6 Å². The van der Waals surface area contributed by atoms with Crippen LogP contribution < -0.4 is 0 Å². The molecule has 0 aromatic heterocycles. The maximum absolute atomic E-state index is 11.7. The smallest absolute Gasteiger partial charge is 0.357 e. The van der Waals surface area contributed by atoms with Gasteiger partial charge in [0.25, 0.3) is 5.06 Å². The van der Waals surface area contributed by atoms with E-state index in [9.17, 15) is 4.79 Å². The summed E-state index contributed by atoms with van der Waals surface area (Å²) in [4.78, 5) is 11.7. The van der Waals surface area contributed by atoms with Gasteiger partial charge < -0.3 is 9.47 Å². The fraction of sp³-hybridized carbons (Fsp3) is 0.923. The first-order valence-electron chi connectivity index (χ1n) is 6.04. The van der Waals surface area contributed by atoms with Gasteiger partial charge in [-0.15, -0.1) is 0 Å². The van der Waals surface area contributed by atoms with Gasteiger partial charge in [0.15, 0.2) is 0 Å². The summed E-state index contributed by atoms with van der Waals surface area (Å²) in [6.07, 6.45) is 2.73. The Labute approximate surface area is 108 Å². The van der Waals surface area contributed by atoms with Crippen LogP contribution in [0.15, 0.2) is 0 Å². The maximum Gasteiger partial charge on any atom is 0.357 e. The second kappa shape index (κ2) is 3.39. The van der Waals surface area contributed by atoms with Gasteiger partial charge in [0, 0.05) is 0 Å². The van der Waals surface area contributed by atoms with E-state index in [1.54, 1.807) is 0 Å². The number of esters is 1. The topological polar surface area (TPSA) is 38.8 Å². The van der Waals surface area contributed by atoms with Crippen molar-refractivity contribution in [3.05, 3.63) is 0 Å². The van der Waals surface area contributed by atoms with Gasteiger partial charge in [0.05, 0.1) is 7.11 Å². The molecule has 1 unspecified atom stereocenters. The summed E-state index contributed by atoms with van der Waals surface area (Å²) in [5.74, 6) is -0.465. The van der Waals surface area contributed by atoms with Crippen LogP contribution in [0.25, 0.3) is 0 Å². The minimum Gasteiger partial charge on any atom is -0.466 e. The Morgan fingerprint density at radius 2 is 1.59 bits per heavy atom. The molecule has 1 aliphatic carbocycles. The lowest BCUT2D eigenvalue weighted by Gasteiger charge is -2.44. The van der Waals surface area contributed by atoms with Crippen LogP contribution in [0.3, 0.4) is 0 Å². The molecule has 4 heteroatoms. The van der Waals surface area contributed by atoms with Crippen molar-refractivity contribution in [1.82, 2.24) is 0 Å². The molecule has 17 heavy (non-hydrogen) atoms. The molecule has 0 aromatic rings. The lowest BCUT2D eigenvalue weighted by Crippen LogP contribution is -2.43. The summed E-state index contributed by atoms with van der Waals surface area (Å²) >= 11 is 6.29. The molecule has 2 rings (SSSR count). The van der Waals surface area contributed by atoms with Gasteiger partial charge in [-0.05, 0) is 30.1 Å². The molecule has 1 saturated heterocycles. The van der Waals surface area contributed by atoms with Gasteiger partial charge in [-0.25, -0.2) is 4.79 Å². The van der Waals surface area contributed by atoms with E-state index in [-0.39, 0.29) is 10.8 Å². The van der Waals surface area contributed by atoms with Gasteiger partial charge in [0.1, 0.15) is 5.60 Å². The zero-order valence-corrected chi connectivity index (χ0v) is 12.0. The molecule has 2 aliphatic rings. The van der Waals surface area contributed by atoms with Crippen LogP contribution in [0, 0.1) is 10.8 Å². The van der Waals surface area contributed by atoms with Gasteiger partial charge in [0.2, 0.25) is 0 Å². The third-order valence-electron chi connectivity index (χ3n) is 3.81.